The minimum atomic E-state index is -1.05. The number of carbonyl (C=O) groups is 2. The number of Topliss-reactive ketones (excluding diaryl/α,β-unsaturated/α-hetero) is 1. The number of hydrogen-bond acceptors (Lipinski definition) is 4. The number of ketones is 2. The van der Waals surface area contributed by atoms with Gasteiger partial charge in [-0.3, -0.25) is 14.6 Å². The fraction of sp³-hybridized carbons (Fsp3) is 0.250. The van der Waals surface area contributed by atoms with E-state index in [-0.39, 0.29) is 18.1 Å². The van der Waals surface area contributed by atoms with Gasteiger partial charge in [0.25, 0.3) is 0 Å². The van der Waals surface area contributed by atoms with Crippen LogP contribution in [0.5, 0.6) is 5.75 Å². The standard InChI is InChI=1S/C20H21ClN2O3/c1-13(22)23-12-18(24)20(2,3)26-17-10-6-15(7-11-17)19(25)14-4-8-16(21)9-5-14/h4-11H,12H2,1-3H3,(H2,22,23). The fourth-order valence-corrected chi connectivity index (χ4v) is 2.31. The maximum Gasteiger partial charge on any atom is 0.197 e. The van der Waals surface area contributed by atoms with Crippen LogP contribution in [0, 0.1) is 0 Å². The lowest BCUT2D eigenvalue weighted by molar-refractivity contribution is -0.130. The molecule has 0 bridgehead atoms. The molecule has 2 N–H and O–H groups in total. The molecular weight excluding hydrogens is 352 g/mol. The lowest BCUT2D eigenvalue weighted by Crippen LogP contribution is -2.40. The molecule has 0 atom stereocenters. The molecule has 5 nitrogen and oxygen atoms in total. The van der Waals surface area contributed by atoms with E-state index in [2.05, 4.69) is 4.99 Å². The van der Waals surface area contributed by atoms with Crippen molar-refractivity contribution < 1.29 is 14.3 Å². The highest BCUT2D eigenvalue weighted by atomic mass is 35.5. The predicted molar refractivity (Wildman–Crippen MR) is 103 cm³/mol. The molecule has 0 spiro atoms. The van der Waals surface area contributed by atoms with Crippen molar-refractivity contribution >= 4 is 29.0 Å². The number of amidine groups is 1. The van der Waals surface area contributed by atoms with Gasteiger partial charge in [-0.2, -0.15) is 0 Å². The monoisotopic (exact) mass is 372 g/mol. The van der Waals surface area contributed by atoms with Gasteiger partial charge in [-0.05, 0) is 69.3 Å². The smallest absolute Gasteiger partial charge is 0.197 e. The number of rotatable bonds is 7. The quantitative estimate of drug-likeness (QED) is 0.456. The molecule has 0 aliphatic rings. The van der Waals surface area contributed by atoms with E-state index in [0.29, 0.717) is 27.7 Å². The first-order chi connectivity index (χ1) is 12.2. The third kappa shape index (κ3) is 5.17. The molecule has 0 amide bonds. The Labute approximate surface area is 157 Å². The SMILES string of the molecule is CC(N)=NCC(=O)C(C)(C)Oc1ccc(C(=O)c2ccc(Cl)cc2)cc1. The van der Waals surface area contributed by atoms with Gasteiger partial charge in [0.1, 0.15) is 12.3 Å². The number of halogens is 1. The molecule has 26 heavy (non-hydrogen) atoms. The summed E-state index contributed by atoms with van der Waals surface area (Å²) in [6.07, 6.45) is 0. The Morgan fingerprint density at radius 1 is 1.04 bits per heavy atom. The Morgan fingerprint density at radius 2 is 1.54 bits per heavy atom. The van der Waals surface area contributed by atoms with Crippen molar-refractivity contribution in [3.8, 4) is 5.75 Å². The van der Waals surface area contributed by atoms with E-state index < -0.39 is 5.60 Å². The van der Waals surface area contributed by atoms with Gasteiger partial charge in [-0.15, -0.1) is 0 Å². The summed E-state index contributed by atoms with van der Waals surface area (Å²) in [7, 11) is 0. The van der Waals surface area contributed by atoms with E-state index in [1.54, 1.807) is 69.3 Å². The average molecular weight is 373 g/mol. The Morgan fingerprint density at radius 3 is 2.04 bits per heavy atom. The highest BCUT2D eigenvalue weighted by molar-refractivity contribution is 6.30. The second-order valence-corrected chi connectivity index (χ2v) is 6.79. The average Bonchev–Trinajstić information content (AvgIpc) is 2.60. The largest absolute Gasteiger partial charge is 0.480 e. The van der Waals surface area contributed by atoms with Gasteiger partial charge in [-0.1, -0.05) is 11.6 Å². The summed E-state index contributed by atoms with van der Waals surface area (Å²) in [6, 6.07) is 13.3. The van der Waals surface area contributed by atoms with Crippen LogP contribution < -0.4 is 10.5 Å². The van der Waals surface area contributed by atoms with Gasteiger partial charge < -0.3 is 10.5 Å². The van der Waals surface area contributed by atoms with Crippen molar-refractivity contribution in [2.75, 3.05) is 6.54 Å². The Kier molecular flexibility index (Phi) is 6.16. The zero-order valence-corrected chi connectivity index (χ0v) is 15.7. The summed E-state index contributed by atoms with van der Waals surface area (Å²) in [6.45, 7) is 4.92. The Balaban J connectivity index is 2.09. The van der Waals surface area contributed by atoms with Crippen molar-refractivity contribution in [1.82, 2.24) is 0 Å². The van der Waals surface area contributed by atoms with Crippen LogP contribution in [-0.4, -0.2) is 29.5 Å². The van der Waals surface area contributed by atoms with Crippen LogP contribution in [0.15, 0.2) is 53.5 Å². The van der Waals surface area contributed by atoms with Crippen LogP contribution in [0.25, 0.3) is 0 Å². The maximum absolute atomic E-state index is 12.4. The topological polar surface area (TPSA) is 81.8 Å². The van der Waals surface area contributed by atoms with E-state index in [1.807, 2.05) is 0 Å². The Bertz CT molecular complexity index is 821. The fourth-order valence-electron chi connectivity index (χ4n) is 2.18. The molecule has 0 saturated carbocycles. The molecular formula is C20H21ClN2O3. The first-order valence-electron chi connectivity index (χ1n) is 8.08. The summed E-state index contributed by atoms with van der Waals surface area (Å²) in [5.41, 5.74) is 5.47. The molecule has 2 aromatic carbocycles. The molecule has 2 rings (SSSR count). The first-order valence-corrected chi connectivity index (χ1v) is 8.46. The van der Waals surface area contributed by atoms with E-state index in [4.69, 9.17) is 22.1 Å². The lowest BCUT2D eigenvalue weighted by Gasteiger charge is -2.24. The van der Waals surface area contributed by atoms with Crippen molar-refractivity contribution in [2.45, 2.75) is 26.4 Å². The normalized spacial score (nSPS) is 11.9. The zero-order chi connectivity index (χ0) is 19.3. The molecule has 0 heterocycles. The predicted octanol–water partition coefficient (Wildman–Crippen LogP) is 3.67. The summed E-state index contributed by atoms with van der Waals surface area (Å²) < 4.78 is 5.76. The van der Waals surface area contributed by atoms with Crippen LogP contribution in [0.1, 0.15) is 36.7 Å². The number of nitrogens with two attached hydrogens (primary N) is 1. The van der Waals surface area contributed by atoms with Gasteiger partial charge >= 0.3 is 0 Å². The highest BCUT2D eigenvalue weighted by Gasteiger charge is 2.29. The molecule has 0 aliphatic heterocycles. The van der Waals surface area contributed by atoms with Crippen LogP contribution in [0.2, 0.25) is 5.02 Å². The molecule has 2 aromatic rings. The van der Waals surface area contributed by atoms with E-state index in [9.17, 15) is 9.59 Å². The van der Waals surface area contributed by atoms with E-state index >= 15 is 0 Å². The third-order valence-corrected chi connectivity index (χ3v) is 3.99. The molecule has 0 aliphatic carbocycles. The molecule has 0 saturated heterocycles. The summed E-state index contributed by atoms with van der Waals surface area (Å²) in [4.78, 5) is 28.6. The first kappa shape index (κ1) is 19.7. The van der Waals surface area contributed by atoms with Crippen molar-refractivity contribution in [3.63, 3.8) is 0 Å². The molecule has 0 unspecified atom stereocenters. The molecule has 0 radical (unpaired) electrons. The van der Waals surface area contributed by atoms with E-state index in [1.165, 1.54) is 0 Å². The van der Waals surface area contributed by atoms with Gasteiger partial charge in [0.2, 0.25) is 0 Å². The van der Waals surface area contributed by atoms with Crippen molar-refractivity contribution in [1.29, 1.82) is 0 Å². The third-order valence-electron chi connectivity index (χ3n) is 3.74. The van der Waals surface area contributed by atoms with Crippen molar-refractivity contribution in [3.05, 3.63) is 64.7 Å². The molecule has 6 heteroatoms. The van der Waals surface area contributed by atoms with Gasteiger partial charge in [-0.25, -0.2) is 0 Å². The summed E-state index contributed by atoms with van der Waals surface area (Å²) in [5, 5.41) is 0.575. The summed E-state index contributed by atoms with van der Waals surface area (Å²) >= 11 is 5.84. The maximum atomic E-state index is 12.4. The molecule has 0 aromatic heterocycles. The van der Waals surface area contributed by atoms with E-state index in [0.717, 1.165) is 0 Å². The number of carbonyl (C=O) groups excluding carboxylic acids is 2. The number of hydrogen-bond donors (Lipinski definition) is 1. The van der Waals surface area contributed by atoms with Crippen molar-refractivity contribution in [2.24, 2.45) is 10.7 Å². The van der Waals surface area contributed by atoms with Gasteiger partial charge in [0, 0.05) is 16.1 Å². The number of nitrogens with zero attached hydrogens (tertiary/aromatic N) is 1. The number of aliphatic imine (C=N–C) groups is 1. The van der Waals surface area contributed by atoms with Crippen LogP contribution in [0.4, 0.5) is 0 Å². The van der Waals surface area contributed by atoms with Crippen LogP contribution >= 0.6 is 11.6 Å². The van der Waals surface area contributed by atoms with Gasteiger partial charge in [0.05, 0.1) is 5.84 Å². The lowest BCUT2D eigenvalue weighted by atomic mass is 10.0. The number of ether oxygens (including phenoxy) is 1. The van der Waals surface area contributed by atoms with Crippen LogP contribution in [-0.2, 0) is 4.79 Å². The minimum Gasteiger partial charge on any atom is -0.480 e. The van der Waals surface area contributed by atoms with Crippen LogP contribution in [0.3, 0.4) is 0 Å². The zero-order valence-electron chi connectivity index (χ0n) is 15.0. The molecule has 136 valence electrons. The second kappa shape index (κ2) is 8.15. The minimum absolute atomic E-state index is 0.0392. The summed E-state index contributed by atoms with van der Waals surface area (Å²) in [5.74, 6) is 0.531. The highest BCUT2D eigenvalue weighted by Crippen LogP contribution is 2.21. The Hall–Kier alpha value is -2.66. The van der Waals surface area contributed by atoms with Gasteiger partial charge in [0.15, 0.2) is 17.2 Å². The molecule has 0 fully saturated rings. The number of benzene rings is 2. The second-order valence-electron chi connectivity index (χ2n) is 6.35.